The van der Waals surface area contributed by atoms with Gasteiger partial charge in [-0.1, -0.05) is 22.9 Å². The lowest BCUT2D eigenvalue weighted by Gasteiger charge is -2.63. The summed E-state index contributed by atoms with van der Waals surface area (Å²) in [5.41, 5.74) is 0.610. The standard InChI is InChI=1S/C24H37BrO3/c1-14(26)28-17-9-11-23(2)16(13-17)3-6-18-19(23)10-12-24-15(4-7-20(18)24)5-8-21(25)22(24)27/h15-22,27H,3-13H2,1-2H3/t15-,16+,17-,18-,19+,20+,21+,22+,23+,24-/m1/s1. The Kier molecular flexibility index (Phi) is 4.94. The molecule has 5 saturated carbocycles. The highest BCUT2D eigenvalue weighted by Crippen LogP contribution is 2.70. The molecule has 0 saturated heterocycles. The number of halogens is 1. The monoisotopic (exact) mass is 452 g/mol. The molecule has 4 heteroatoms. The first-order chi connectivity index (χ1) is 13.4. The third-order valence-electron chi connectivity index (χ3n) is 10.4. The van der Waals surface area contributed by atoms with Crippen molar-refractivity contribution in [3.63, 3.8) is 0 Å². The average Bonchev–Trinajstić information content (AvgIpc) is 3.05. The summed E-state index contributed by atoms with van der Waals surface area (Å²) >= 11 is 3.84. The van der Waals surface area contributed by atoms with Gasteiger partial charge >= 0.3 is 5.97 Å². The Balaban J connectivity index is 1.39. The van der Waals surface area contributed by atoms with Gasteiger partial charge in [0, 0.05) is 17.2 Å². The zero-order valence-corrected chi connectivity index (χ0v) is 19.1. The molecule has 28 heavy (non-hydrogen) atoms. The maximum absolute atomic E-state index is 11.4. The van der Waals surface area contributed by atoms with Crippen LogP contribution in [0.4, 0.5) is 0 Å². The molecule has 0 aromatic rings. The average molecular weight is 453 g/mol. The Hall–Kier alpha value is -0.0900. The number of hydrogen-bond donors (Lipinski definition) is 1. The second-order valence-electron chi connectivity index (χ2n) is 11.1. The molecule has 0 amide bonds. The SMILES string of the molecule is CC(=O)O[C@@H]1CC[C@@]2(C)[C@@H](CC[C@@H]3[C@@H]2CC[C@]24[C@@H](CC[C@H](Br)[C@@H]2O)CC[C@@H]34)C1. The lowest BCUT2D eigenvalue weighted by atomic mass is 9.43. The molecule has 158 valence electrons. The minimum atomic E-state index is -0.148. The number of carbonyl (C=O) groups excluding carboxylic acids is 1. The van der Waals surface area contributed by atoms with Gasteiger partial charge in [-0.3, -0.25) is 4.79 Å². The predicted molar refractivity (Wildman–Crippen MR) is 113 cm³/mol. The third kappa shape index (κ3) is 2.72. The van der Waals surface area contributed by atoms with Crippen molar-refractivity contribution in [2.24, 2.45) is 40.4 Å². The van der Waals surface area contributed by atoms with Crippen LogP contribution in [0.2, 0.25) is 0 Å². The van der Waals surface area contributed by atoms with E-state index in [9.17, 15) is 9.90 Å². The van der Waals surface area contributed by atoms with Crippen molar-refractivity contribution in [1.29, 1.82) is 0 Å². The zero-order chi connectivity index (χ0) is 19.7. The van der Waals surface area contributed by atoms with Crippen molar-refractivity contribution in [3.05, 3.63) is 0 Å². The Morgan fingerprint density at radius 1 is 0.964 bits per heavy atom. The molecular weight excluding hydrogens is 416 g/mol. The van der Waals surface area contributed by atoms with E-state index < -0.39 is 0 Å². The highest BCUT2D eigenvalue weighted by molar-refractivity contribution is 9.09. The molecule has 0 heterocycles. The largest absolute Gasteiger partial charge is 0.463 e. The van der Waals surface area contributed by atoms with Crippen molar-refractivity contribution in [1.82, 2.24) is 0 Å². The topological polar surface area (TPSA) is 46.5 Å². The van der Waals surface area contributed by atoms with E-state index in [-0.39, 0.29) is 23.6 Å². The quantitative estimate of drug-likeness (QED) is 0.423. The fourth-order valence-corrected chi connectivity index (χ4v) is 10.0. The molecule has 1 N–H and O–H groups in total. The Bertz CT molecular complexity index is 637. The van der Waals surface area contributed by atoms with Gasteiger partial charge in [0.1, 0.15) is 6.10 Å². The minimum absolute atomic E-state index is 0.116. The van der Waals surface area contributed by atoms with Crippen molar-refractivity contribution in [2.75, 3.05) is 0 Å². The molecule has 5 fully saturated rings. The number of aliphatic hydroxyl groups excluding tert-OH is 1. The summed E-state index contributed by atoms with van der Waals surface area (Å²) in [4.78, 5) is 11.7. The van der Waals surface area contributed by atoms with Gasteiger partial charge in [-0.15, -0.1) is 0 Å². The number of fused-ring (bicyclic) bond motifs is 4. The van der Waals surface area contributed by atoms with Gasteiger partial charge in [-0.2, -0.15) is 0 Å². The van der Waals surface area contributed by atoms with E-state index in [2.05, 4.69) is 22.9 Å². The third-order valence-corrected chi connectivity index (χ3v) is 11.4. The van der Waals surface area contributed by atoms with Crippen LogP contribution in [0.5, 0.6) is 0 Å². The van der Waals surface area contributed by atoms with E-state index in [0.717, 1.165) is 42.9 Å². The van der Waals surface area contributed by atoms with Crippen molar-refractivity contribution < 1.29 is 14.6 Å². The summed E-state index contributed by atoms with van der Waals surface area (Å²) in [5, 5.41) is 11.3. The van der Waals surface area contributed by atoms with Crippen LogP contribution in [-0.4, -0.2) is 28.1 Å². The van der Waals surface area contributed by atoms with E-state index in [1.807, 2.05) is 0 Å². The molecule has 3 nitrogen and oxygen atoms in total. The summed E-state index contributed by atoms with van der Waals surface area (Å²) in [5.74, 6) is 3.69. The summed E-state index contributed by atoms with van der Waals surface area (Å²) in [6.07, 6.45) is 13.6. The fraction of sp³-hybridized carbons (Fsp3) is 0.958. The number of carbonyl (C=O) groups is 1. The number of ether oxygens (including phenoxy) is 1. The van der Waals surface area contributed by atoms with Crippen LogP contribution in [0, 0.1) is 40.4 Å². The first-order valence-corrected chi connectivity index (χ1v) is 12.8. The van der Waals surface area contributed by atoms with Crippen molar-refractivity contribution >= 4 is 21.9 Å². The van der Waals surface area contributed by atoms with E-state index >= 15 is 0 Å². The van der Waals surface area contributed by atoms with Gasteiger partial charge in [0.25, 0.3) is 0 Å². The van der Waals surface area contributed by atoms with Crippen LogP contribution < -0.4 is 0 Å². The Morgan fingerprint density at radius 3 is 2.50 bits per heavy atom. The van der Waals surface area contributed by atoms with Crippen LogP contribution in [0.1, 0.15) is 84.5 Å². The number of hydrogen-bond acceptors (Lipinski definition) is 3. The maximum atomic E-state index is 11.4. The van der Waals surface area contributed by atoms with Crippen LogP contribution in [0.15, 0.2) is 0 Å². The second-order valence-corrected chi connectivity index (χ2v) is 12.3. The lowest BCUT2D eigenvalue weighted by Crippen LogP contribution is -2.59. The molecule has 5 rings (SSSR count). The summed E-state index contributed by atoms with van der Waals surface area (Å²) in [7, 11) is 0. The lowest BCUT2D eigenvalue weighted by molar-refractivity contribution is -0.174. The number of rotatable bonds is 1. The molecule has 5 aliphatic rings. The van der Waals surface area contributed by atoms with Gasteiger partial charge in [-0.05, 0) is 106 Å². The van der Waals surface area contributed by atoms with Gasteiger partial charge in [0.05, 0.1) is 6.10 Å². The van der Waals surface area contributed by atoms with Crippen LogP contribution >= 0.6 is 15.9 Å². The molecule has 0 aromatic carbocycles. The van der Waals surface area contributed by atoms with Crippen molar-refractivity contribution in [3.8, 4) is 0 Å². The van der Waals surface area contributed by atoms with Gasteiger partial charge in [-0.25, -0.2) is 0 Å². The Morgan fingerprint density at radius 2 is 1.71 bits per heavy atom. The Labute approximate surface area is 178 Å². The number of aliphatic hydroxyl groups is 1. The molecule has 0 unspecified atom stereocenters. The van der Waals surface area contributed by atoms with Crippen LogP contribution in [0.3, 0.4) is 0 Å². The molecule has 5 aliphatic carbocycles. The summed E-state index contributed by atoms with van der Waals surface area (Å²) in [6.45, 7) is 4.11. The smallest absolute Gasteiger partial charge is 0.302 e. The van der Waals surface area contributed by atoms with E-state index in [1.54, 1.807) is 6.92 Å². The molecular formula is C24H37BrO3. The summed E-state index contributed by atoms with van der Waals surface area (Å²) < 4.78 is 5.61. The van der Waals surface area contributed by atoms with Crippen LogP contribution in [-0.2, 0) is 9.53 Å². The predicted octanol–water partition coefficient (Wildman–Crippen LogP) is 5.48. The zero-order valence-electron chi connectivity index (χ0n) is 17.5. The van der Waals surface area contributed by atoms with E-state index in [1.165, 1.54) is 51.4 Å². The normalized spacial score (nSPS) is 55.4. The van der Waals surface area contributed by atoms with E-state index in [4.69, 9.17) is 4.74 Å². The van der Waals surface area contributed by atoms with Gasteiger partial charge in [0.2, 0.25) is 0 Å². The highest BCUT2D eigenvalue weighted by Gasteiger charge is 2.65. The maximum Gasteiger partial charge on any atom is 0.302 e. The molecule has 10 atom stereocenters. The minimum Gasteiger partial charge on any atom is -0.463 e. The number of esters is 1. The molecule has 0 aromatic heterocycles. The molecule has 0 radical (unpaired) electrons. The molecule has 1 spiro atoms. The molecule has 0 aliphatic heterocycles. The summed E-state index contributed by atoms with van der Waals surface area (Å²) in [6, 6.07) is 0. The van der Waals surface area contributed by atoms with Crippen molar-refractivity contribution in [2.45, 2.75) is 102 Å². The highest BCUT2D eigenvalue weighted by atomic mass is 79.9. The van der Waals surface area contributed by atoms with E-state index in [0.29, 0.717) is 16.2 Å². The van der Waals surface area contributed by atoms with Gasteiger partial charge < -0.3 is 9.84 Å². The molecule has 0 bridgehead atoms. The fourth-order valence-electron chi connectivity index (χ4n) is 9.27. The number of alkyl halides is 1. The van der Waals surface area contributed by atoms with Crippen LogP contribution in [0.25, 0.3) is 0 Å². The first-order valence-electron chi connectivity index (χ1n) is 11.9. The van der Waals surface area contributed by atoms with Gasteiger partial charge in [0.15, 0.2) is 0 Å². The first kappa shape index (κ1) is 19.8. The second kappa shape index (κ2) is 6.97.